The van der Waals surface area contributed by atoms with E-state index in [0.29, 0.717) is 31.7 Å². The van der Waals surface area contributed by atoms with Crippen molar-refractivity contribution in [3.05, 3.63) is 11.4 Å². The minimum atomic E-state index is 0.400. The number of hydrogen-bond acceptors (Lipinski definition) is 4. The van der Waals surface area contributed by atoms with Crippen LogP contribution in [0.4, 0.5) is 0 Å². The van der Waals surface area contributed by atoms with E-state index in [-0.39, 0.29) is 0 Å². The van der Waals surface area contributed by atoms with E-state index in [1.54, 1.807) is 4.68 Å². The highest BCUT2D eigenvalue weighted by atomic mass is 16.5. The summed E-state index contributed by atoms with van der Waals surface area (Å²) in [7, 11) is 0. The van der Waals surface area contributed by atoms with Crippen molar-refractivity contribution in [2.24, 2.45) is 0 Å². The topological polar surface area (TPSA) is 57.0 Å². The summed E-state index contributed by atoms with van der Waals surface area (Å²) in [5.74, 6) is 0. The molecule has 13 heavy (non-hydrogen) atoms. The van der Waals surface area contributed by atoms with Gasteiger partial charge in [-0.05, 0) is 13.8 Å². The summed E-state index contributed by atoms with van der Waals surface area (Å²) >= 11 is 0. The van der Waals surface area contributed by atoms with E-state index in [4.69, 9.17) is 4.74 Å². The van der Waals surface area contributed by atoms with Crippen molar-refractivity contribution in [3.8, 4) is 0 Å². The largest absolute Gasteiger partial charge is 0.380 e. The Bertz CT molecular complexity index is 283. The molecule has 0 amide bonds. The molecule has 0 fully saturated rings. The molecule has 1 rings (SSSR count). The highest BCUT2D eigenvalue weighted by Gasteiger charge is 2.05. The number of ether oxygens (including phenoxy) is 1. The number of rotatable bonds is 5. The predicted octanol–water partition coefficient (Wildman–Crippen LogP) is 0.436. The number of aldehydes is 1. The number of aromatic nitrogens is 3. The van der Waals surface area contributed by atoms with Crippen LogP contribution in [0, 0.1) is 6.92 Å². The monoisotopic (exact) mass is 183 g/mol. The highest BCUT2D eigenvalue weighted by Crippen LogP contribution is 1.99. The average Bonchev–Trinajstić information content (AvgIpc) is 2.48. The van der Waals surface area contributed by atoms with Crippen molar-refractivity contribution in [2.45, 2.75) is 20.4 Å². The molecule has 0 bridgehead atoms. The van der Waals surface area contributed by atoms with Crippen molar-refractivity contribution in [1.29, 1.82) is 0 Å². The standard InChI is InChI=1S/C8H13N3O2/c1-3-13-5-4-11-7(2)8(6-12)9-10-11/h6H,3-5H2,1-2H3. The predicted molar refractivity (Wildman–Crippen MR) is 46.6 cm³/mol. The van der Waals surface area contributed by atoms with Crippen LogP contribution in [0.1, 0.15) is 23.1 Å². The lowest BCUT2D eigenvalue weighted by Gasteiger charge is -2.02. The molecule has 0 aromatic carbocycles. The Kier molecular flexibility index (Phi) is 3.57. The Morgan fingerprint density at radius 3 is 2.92 bits per heavy atom. The van der Waals surface area contributed by atoms with E-state index in [1.807, 2.05) is 13.8 Å². The maximum Gasteiger partial charge on any atom is 0.172 e. The lowest BCUT2D eigenvalue weighted by atomic mass is 10.4. The summed E-state index contributed by atoms with van der Waals surface area (Å²) in [6, 6.07) is 0. The number of hydrogen-bond donors (Lipinski definition) is 0. The first-order valence-corrected chi connectivity index (χ1v) is 4.22. The second-order valence-corrected chi connectivity index (χ2v) is 2.60. The number of carbonyl (C=O) groups excluding carboxylic acids is 1. The van der Waals surface area contributed by atoms with Gasteiger partial charge in [-0.2, -0.15) is 0 Å². The summed E-state index contributed by atoms with van der Waals surface area (Å²) in [5, 5.41) is 7.52. The molecule has 0 atom stereocenters. The lowest BCUT2D eigenvalue weighted by Crippen LogP contribution is -2.09. The molecule has 0 spiro atoms. The molecule has 72 valence electrons. The maximum absolute atomic E-state index is 10.4. The fraction of sp³-hybridized carbons (Fsp3) is 0.625. The Morgan fingerprint density at radius 1 is 1.62 bits per heavy atom. The average molecular weight is 183 g/mol. The Balaban J connectivity index is 2.56. The molecule has 5 heteroatoms. The molecular weight excluding hydrogens is 170 g/mol. The van der Waals surface area contributed by atoms with E-state index in [2.05, 4.69) is 10.3 Å². The summed E-state index contributed by atoms with van der Waals surface area (Å²) in [5.41, 5.74) is 1.19. The van der Waals surface area contributed by atoms with Crippen molar-refractivity contribution in [3.63, 3.8) is 0 Å². The van der Waals surface area contributed by atoms with Gasteiger partial charge in [0.15, 0.2) is 6.29 Å². The van der Waals surface area contributed by atoms with E-state index >= 15 is 0 Å². The fourth-order valence-electron chi connectivity index (χ4n) is 0.990. The zero-order valence-electron chi connectivity index (χ0n) is 7.86. The quantitative estimate of drug-likeness (QED) is 0.491. The molecule has 1 heterocycles. The molecule has 0 N–H and O–H groups in total. The first-order valence-electron chi connectivity index (χ1n) is 4.22. The highest BCUT2D eigenvalue weighted by molar-refractivity contribution is 5.72. The van der Waals surface area contributed by atoms with Crippen LogP contribution in [0.25, 0.3) is 0 Å². The van der Waals surface area contributed by atoms with Crippen molar-refractivity contribution < 1.29 is 9.53 Å². The second-order valence-electron chi connectivity index (χ2n) is 2.60. The van der Waals surface area contributed by atoms with Gasteiger partial charge in [0, 0.05) is 6.61 Å². The molecule has 0 aliphatic heterocycles. The molecule has 0 saturated heterocycles. The van der Waals surface area contributed by atoms with Crippen LogP contribution in [0.5, 0.6) is 0 Å². The van der Waals surface area contributed by atoms with Crippen molar-refractivity contribution in [2.75, 3.05) is 13.2 Å². The molecule has 5 nitrogen and oxygen atoms in total. The van der Waals surface area contributed by atoms with Crippen molar-refractivity contribution in [1.82, 2.24) is 15.0 Å². The van der Waals surface area contributed by atoms with Crippen LogP contribution >= 0.6 is 0 Å². The van der Waals surface area contributed by atoms with Gasteiger partial charge in [-0.3, -0.25) is 4.79 Å². The first kappa shape index (κ1) is 9.85. The molecule has 0 unspecified atom stereocenters. The maximum atomic E-state index is 10.4. The molecule has 1 aromatic rings. The molecule has 0 aliphatic carbocycles. The number of nitrogens with zero attached hydrogens (tertiary/aromatic N) is 3. The third-order valence-electron chi connectivity index (χ3n) is 1.78. The Hall–Kier alpha value is -1.23. The van der Waals surface area contributed by atoms with Gasteiger partial charge in [0.25, 0.3) is 0 Å². The summed E-state index contributed by atoms with van der Waals surface area (Å²) in [6.45, 7) is 5.68. The molecular formula is C8H13N3O2. The van der Waals surface area contributed by atoms with Crippen LogP contribution in [0.3, 0.4) is 0 Å². The minimum Gasteiger partial charge on any atom is -0.380 e. The summed E-state index contributed by atoms with van der Waals surface area (Å²) < 4.78 is 6.82. The zero-order valence-corrected chi connectivity index (χ0v) is 7.86. The minimum absolute atomic E-state index is 0.400. The van der Waals surface area contributed by atoms with E-state index in [9.17, 15) is 4.79 Å². The van der Waals surface area contributed by atoms with Gasteiger partial charge < -0.3 is 4.74 Å². The summed E-state index contributed by atoms with van der Waals surface area (Å²) in [6.07, 6.45) is 0.708. The molecule has 0 saturated carbocycles. The Labute approximate surface area is 76.7 Å². The SMILES string of the molecule is CCOCCn1nnc(C=O)c1C. The molecule has 0 radical (unpaired) electrons. The third-order valence-corrected chi connectivity index (χ3v) is 1.78. The summed E-state index contributed by atoms with van der Waals surface area (Å²) in [4.78, 5) is 10.4. The second kappa shape index (κ2) is 4.71. The van der Waals surface area contributed by atoms with Gasteiger partial charge in [-0.25, -0.2) is 4.68 Å². The first-order chi connectivity index (χ1) is 6.29. The van der Waals surface area contributed by atoms with Crippen LogP contribution in [-0.4, -0.2) is 34.5 Å². The van der Waals surface area contributed by atoms with Gasteiger partial charge in [0.1, 0.15) is 5.69 Å². The third kappa shape index (κ3) is 2.35. The van der Waals surface area contributed by atoms with E-state index in [0.717, 1.165) is 5.69 Å². The lowest BCUT2D eigenvalue weighted by molar-refractivity contribution is 0.111. The van der Waals surface area contributed by atoms with Gasteiger partial charge in [0.2, 0.25) is 0 Å². The van der Waals surface area contributed by atoms with Gasteiger partial charge in [-0.1, -0.05) is 5.21 Å². The van der Waals surface area contributed by atoms with Crippen LogP contribution in [-0.2, 0) is 11.3 Å². The zero-order chi connectivity index (χ0) is 9.68. The smallest absolute Gasteiger partial charge is 0.172 e. The van der Waals surface area contributed by atoms with Crippen LogP contribution < -0.4 is 0 Å². The van der Waals surface area contributed by atoms with Gasteiger partial charge >= 0.3 is 0 Å². The van der Waals surface area contributed by atoms with Crippen LogP contribution in [0.15, 0.2) is 0 Å². The fourth-order valence-corrected chi connectivity index (χ4v) is 0.990. The van der Waals surface area contributed by atoms with Gasteiger partial charge in [-0.15, -0.1) is 5.10 Å². The normalized spacial score (nSPS) is 10.3. The molecule has 0 aliphatic rings. The van der Waals surface area contributed by atoms with Crippen LogP contribution in [0.2, 0.25) is 0 Å². The van der Waals surface area contributed by atoms with Gasteiger partial charge in [0.05, 0.1) is 18.8 Å². The van der Waals surface area contributed by atoms with E-state index < -0.39 is 0 Å². The Morgan fingerprint density at radius 2 is 2.38 bits per heavy atom. The van der Waals surface area contributed by atoms with E-state index in [1.165, 1.54) is 0 Å². The van der Waals surface area contributed by atoms with Crippen molar-refractivity contribution >= 4 is 6.29 Å². The number of carbonyl (C=O) groups is 1. The molecule has 1 aromatic heterocycles.